The van der Waals surface area contributed by atoms with E-state index in [9.17, 15) is 5.11 Å². The van der Waals surface area contributed by atoms with E-state index in [1.54, 1.807) is 25.3 Å². The van der Waals surface area contributed by atoms with E-state index in [1.807, 2.05) is 0 Å². The second-order valence-electron chi connectivity index (χ2n) is 4.61. The van der Waals surface area contributed by atoms with E-state index in [1.165, 1.54) is 0 Å². The summed E-state index contributed by atoms with van der Waals surface area (Å²) in [6.45, 7) is 0. The van der Waals surface area contributed by atoms with Crippen molar-refractivity contribution >= 4 is 23.2 Å². The van der Waals surface area contributed by atoms with Crippen LogP contribution >= 0.6 is 23.2 Å². The van der Waals surface area contributed by atoms with Crippen molar-refractivity contribution in [2.45, 2.75) is 37.4 Å². The van der Waals surface area contributed by atoms with Crippen molar-refractivity contribution in [1.29, 1.82) is 0 Å². The molecule has 2 rings (SSSR count). The van der Waals surface area contributed by atoms with Crippen molar-refractivity contribution < 1.29 is 9.84 Å². The van der Waals surface area contributed by atoms with E-state index in [0.717, 1.165) is 12.8 Å². The normalized spacial score (nSPS) is 29.3. The topological polar surface area (TPSA) is 29.5 Å². The lowest BCUT2D eigenvalue weighted by Crippen LogP contribution is -2.36. The molecule has 0 heterocycles. The molecule has 2 unspecified atom stereocenters. The summed E-state index contributed by atoms with van der Waals surface area (Å²) >= 11 is 12.1. The molecule has 1 fully saturated rings. The van der Waals surface area contributed by atoms with Crippen molar-refractivity contribution in [1.82, 2.24) is 0 Å². The summed E-state index contributed by atoms with van der Waals surface area (Å²) < 4.78 is 5.34. The van der Waals surface area contributed by atoms with Gasteiger partial charge >= 0.3 is 0 Å². The number of hydrogen-bond acceptors (Lipinski definition) is 2. The summed E-state index contributed by atoms with van der Waals surface area (Å²) in [4.78, 5) is 0. The fourth-order valence-electron chi connectivity index (χ4n) is 2.50. The lowest BCUT2D eigenvalue weighted by Gasteiger charge is -2.37. The Morgan fingerprint density at radius 1 is 1.41 bits per heavy atom. The molecule has 0 amide bonds. The van der Waals surface area contributed by atoms with Crippen LogP contribution in [0.5, 0.6) is 0 Å². The molecule has 0 bridgehead atoms. The fourth-order valence-corrected chi connectivity index (χ4v) is 2.97. The van der Waals surface area contributed by atoms with Crippen molar-refractivity contribution in [2.75, 3.05) is 7.11 Å². The predicted molar refractivity (Wildman–Crippen MR) is 69.6 cm³/mol. The molecule has 1 N–H and O–H groups in total. The molecule has 0 radical (unpaired) electrons. The van der Waals surface area contributed by atoms with E-state index in [4.69, 9.17) is 27.9 Å². The van der Waals surface area contributed by atoms with Gasteiger partial charge in [0.15, 0.2) is 0 Å². The van der Waals surface area contributed by atoms with Gasteiger partial charge in [0.25, 0.3) is 0 Å². The van der Waals surface area contributed by atoms with Gasteiger partial charge in [-0.1, -0.05) is 23.2 Å². The van der Waals surface area contributed by atoms with Crippen LogP contribution in [0.15, 0.2) is 18.2 Å². The van der Waals surface area contributed by atoms with Crippen LogP contribution in [-0.2, 0) is 10.3 Å². The minimum absolute atomic E-state index is 0.0869. The third kappa shape index (κ3) is 2.76. The smallest absolute Gasteiger partial charge is 0.0936 e. The van der Waals surface area contributed by atoms with Crippen molar-refractivity contribution in [3.8, 4) is 0 Å². The quantitative estimate of drug-likeness (QED) is 0.890. The maximum Gasteiger partial charge on any atom is 0.0936 e. The summed E-state index contributed by atoms with van der Waals surface area (Å²) in [5.74, 6) is 0. The van der Waals surface area contributed by atoms with E-state index < -0.39 is 5.60 Å². The Bertz CT molecular complexity index is 408. The lowest BCUT2D eigenvalue weighted by atomic mass is 9.78. The van der Waals surface area contributed by atoms with E-state index >= 15 is 0 Å². The van der Waals surface area contributed by atoms with Gasteiger partial charge in [-0.25, -0.2) is 0 Å². The van der Waals surface area contributed by atoms with Crippen LogP contribution in [0.2, 0.25) is 10.0 Å². The maximum absolute atomic E-state index is 10.7. The van der Waals surface area contributed by atoms with Crippen LogP contribution < -0.4 is 0 Å². The molecule has 0 saturated heterocycles. The third-order valence-electron chi connectivity index (χ3n) is 3.44. The van der Waals surface area contributed by atoms with Crippen molar-refractivity contribution in [3.05, 3.63) is 33.8 Å². The molecule has 2 atom stereocenters. The Labute approximate surface area is 111 Å². The van der Waals surface area contributed by atoms with Crippen LogP contribution in [0.4, 0.5) is 0 Å². The molecule has 2 nitrogen and oxygen atoms in total. The maximum atomic E-state index is 10.7. The van der Waals surface area contributed by atoms with Gasteiger partial charge in [-0.2, -0.15) is 0 Å². The molecule has 1 aromatic carbocycles. The highest BCUT2D eigenvalue weighted by Crippen LogP contribution is 2.41. The molecule has 4 heteroatoms. The number of halogens is 2. The summed E-state index contributed by atoms with van der Waals surface area (Å²) in [5, 5.41) is 11.9. The minimum atomic E-state index is -0.916. The largest absolute Gasteiger partial charge is 0.385 e. The molecule has 1 aliphatic rings. The fraction of sp³-hybridized carbons (Fsp3) is 0.538. The van der Waals surface area contributed by atoms with Gasteiger partial charge in [0, 0.05) is 29.1 Å². The minimum Gasteiger partial charge on any atom is -0.385 e. The van der Waals surface area contributed by atoms with Gasteiger partial charge in [0.05, 0.1) is 11.7 Å². The Morgan fingerprint density at radius 3 is 2.88 bits per heavy atom. The molecule has 0 spiro atoms. The van der Waals surface area contributed by atoms with Gasteiger partial charge in [-0.3, -0.25) is 0 Å². The van der Waals surface area contributed by atoms with E-state index in [-0.39, 0.29) is 6.10 Å². The molecular formula is C13H16Cl2O2. The summed E-state index contributed by atoms with van der Waals surface area (Å²) in [6, 6.07) is 5.21. The first kappa shape index (κ1) is 13.2. The summed E-state index contributed by atoms with van der Waals surface area (Å²) in [6.07, 6.45) is 3.27. The average molecular weight is 275 g/mol. The standard InChI is InChI=1S/C13H16Cl2O2/c1-17-10-3-2-6-13(16,8-10)11-7-9(14)4-5-12(11)15/h4-5,7,10,16H,2-3,6,8H2,1H3. The first-order valence-electron chi connectivity index (χ1n) is 5.76. The zero-order chi connectivity index (χ0) is 12.5. The highest BCUT2D eigenvalue weighted by Gasteiger charge is 2.37. The molecule has 0 aliphatic heterocycles. The zero-order valence-electron chi connectivity index (χ0n) is 9.75. The van der Waals surface area contributed by atoms with Crippen LogP contribution in [0.1, 0.15) is 31.2 Å². The molecule has 17 heavy (non-hydrogen) atoms. The number of rotatable bonds is 2. The Kier molecular flexibility index (Phi) is 3.99. The number of ether oxygens (including phenoxy) is 1. The molecule has 94 valence electrons. The van der Waals surface area contributed by atoms with Crippen molar-refractivity contribution in [2.24, 2.45) is 0 Å². The van der Waals surface area contributed by atoms with Gasteiger partial charge < -0.3 is 9.84 Å². The second-order valence-corrected chi connectivity index (χ2v) is 5.45. The molecule has 1 aliphatic carbocycles. The molecular weight excluding hydrogens is 259 g/mol. The monoisotopic (exact) mass is 274 g/mol. The molecule has 1 aromatic rings. The predicted octanol–water partition coefficient (Wildman–Crippen LogP) is 3.77. The third-order valence-corrected chi connectivity index (χ3v) is 4.01. The average Bonchev–Trinajstić information content (AvgIpc) is 2.32. The van der Waals surface area contributed by atoms with Crippen LogP contribution in [0.25, 0.3) is 0 Å². The lowest BCUT2D eigenvalue weighted by molar-refractivity contribution is -0.0631. The highest BCUT2D eigenvalue weighted by atomic mass is 35.5. The molecule has 1 saturated carbocycles. The zero-order valence-corrected chi connectivity index (χ0v) is 11.3. The summed E-state index contributed by atoms with van der Waals surface area (Å²) in [7, 11) is 1.68. The van der Waals surface area contributed by atoms with E-state index in [0.29, 0.717) is 28.5 Å². The Balaban J connectivity index is 2.33. The summed E-state index contributed by atoms with van der Waals surface area (Å²) in [5.41, 5.74) is -0.200. The second kappa shape index (κ2) is 5.15. The molecule has 0 aromatic heterocycles. The number of methoxy groups -OCH3 is 1. The van der Waals surface area contributed by atoms with Gasteiger partial charge in [-0.15, -0.1) is 0 Å². The Morgan fingerprint density at radius 2 is 2.18 bits per heavy atom. The van der Waals surface area contributed by atoms with Gasteiger partial charge in [0.1, 0.15) is 0 Å². The highest BCUT2D eigenvalue weighted by molar-refractivity contribution is 6.33. The van der Waals surface area contributed by atoms with Crippen LogP contribution in [0, 0.1) is 0 Å². The first-order chi connectivity index (χ1) is 8.05. The van der Waals surface area contributed by atoms with Gasteiger partial charge in [0.2, 0.25) is 0 Å². The van der Waals surface area contributed by atoms with Gasteiger partial charge in [-0.05, 0) is 37.5 Å². The van der Waals surface area contributed by atoms with Crippen LogP contribution in [0.3, 0.4) is 0 Å². The van der Waals surface area contributed by atoms with Crippen LogP contribution in [-0.4, -0.2) is 18.3 Å². The Hall–Kier alpha value is -0.280. The number of benzene rings is 1. The SMILES string of the molecule is COC1CCCC(O)(c2cc(Cl)ccc2Cl)C1. The van der Waals surface area contributed by atoms with Crippen molar-refractivity contribution in [3.63, 3.8) is 0 Å². The first-order valence-corrected chi connectivity index (χ1v) is 6.51. The number of hydrogen-bond donors (Lipinski definition) is 1. The van der Waals surface area contributed by atoms with E-state index in [2.05, 4.69) is 0 Å². The number of aliphatic hydroxyl groups is 1.